The van der Waals surface area contributed by atoms with E-state index in [1.807, 2.05) is 0 Å². The molecule has 5 fully saturated rings. The average Bonchev–Trinajstić information content (AvgIpc) is 2.63. The fraction of sp³-hybridized carbons (Fsp3) is 1.00. The highest BCUT2D eigenvalue weighted by Crippen LogP contribution is 2.55. The van der Waals surface area contributed by atoms with Crippen LogP contribution in [0.15, 0.2) is 0 Å². The van der Waals surface area contributed by atoms with E-state index in [4.69, 9.17) is 5.73 Å². The number of hydrogen-bond donors (Lipinski definition) is 1. The van der Waals surface area contributed by atoms with Crippen LogP contribution in [0.3, 0.4) is 0 Å². The molecular formula is C14H24N2. The van der Waals surface area contributed by atoms with Crippen LogP contribution in [-0.2, 0) is 0 Å². The van der Waals surface area contributed by atoms with Gasteiger partial charge in [-0.1, -0.05) is 0 Å². The van der Waals surface area contributed by atoms with Crippen LogP contribution in [-0.4, -0.2) is 30.1 Å². The molecule has 16 heavy (non-hydrogen) atoms. The fourth-order valence-corrected chi connectivity index (χ4v) is 5.58. The van der Waals surface area contributed by atoms with Gasteiger partial charge < -0.3 is 5.73 Å². The molecule has 0 aromatic heterocycles. The molecule has 0 aromatic rings. The number of nitrogens with two attached hydrogens (primary N) is 1. The van der Waals surface area contributed by atoms with Gasteiger partial charge in [0, 0.05) is 25.2 Å². The minimum atomic E-state index is 0.470. The highest BCUT2D eigenvalue weighted by atomic mass is 15.2. The van der Waals surface area contributed by atoms with Gasteiger partial charge in [0.1, 0.15) is 0 Å². The maximum atomic E-state index is 6.08. The highest BCUT2D eigenvalue weighted by Gasteiger charge is 2.50. The van der Waals surface area contributed by atoms with Crippen LogP contribution in [0.4, 0.5) is 0 Å². The molecule has 2 N–H and O–H groups in total. The Morgan fingerprint density at radius 1 is 0.875 bits per heavy atom. The van der Waals surface area contributed by atoms with Crippen LogP contribution in [0.25, 0.3) is 0 Å². The first kappa shape index (κ1) is 9.90. The van der Waals surface area contributed by atoms with Gasteiger partial charge in [-0.15, -0.1) is 0 Å². The standard InChI is InChI=1S/C14H24N2/c15-13-1-2-16(8-13)14-11-4-9-3-10(6-11)7-12(14)5-9/h9-14H,1-8,15H2. The molecule has 0 radical (unpaired) electrons. The Balaban J connectivity index is 1.56. The van der Waals surface area contributed by atoms with Gasteiger partial charge in [-0.25, -0.2) is 0 Å². The molecule has 1 saturated heterocycles. The third-order valence-electron chi connectivity index (χ3n) is 5.85. The SMILES string of the molecule is NC1CCN(C2C3CC4CC(C3)CC2C4)C1. The van der Waals surface area contributed by atoms with E-state index in [0.29, 0.717) is 6.04 Å². The van der Waals surface area contributed by atoms with Gasteiger partial charge in [-0.05, 0) is 62.2 Å². The first-order valence-corrected chi connectivity index (χ1v) is 7.29. The molecule has 0 spiro atoms. The molecule has 5 aliphatic rings. The topological polar surface area (TPSA) is 29.3 Å². The molecular weight excluding hydrogens is 196 g/mol. The van der Waals surface area contributed by atoms with Crippen molar-refractivity contribution >= 4 is 0 Å². The lowest BCUT2D eigenvalue weighted by Gasteiger charge is -2.56. The predicted octanol–water partition coefficient (Wildman–Crippen LogP) is 1.84. The monoisotopic (exact) mass is 220 g/mol. The summed E-state index contributed by atoms with van der Waals surface area (Å²) in [5.41, 5.74) is 6.08. The Morgan fingerprint density at radius 2 is 1.50 bits per heavy atom. The number of nitrogens with zero attached hydrogens (tertiary/aromatic N) is 1. The zero-order valence-electron chi connectivity index (χ0n) is 10.1. The smallest absolute Gasteiger partial charge is 0.0180 e. The summed E-state index contributed by atoms with van der Waals surface area (Å²) >= 11 is 0. The summed E-state index contributed by atoms with van der Waals surface area (Å²) in [5, 5.41) is 0. The maximum Gasteiger partial charge on any atom is 0.0180 e. The number of likely N-dealkylation sites (tertiary alicyclic amines) is 1. The molecule has 0 aromatic carbocycles. The maximum absolute atomic E-state index is 6.08. The van der Waals surface area contributed by atoms with Gasteiger partial charge in [-0.2, -0.15) is 0 Å². The van der Waals surface area contributed by atoms with E-state index in [-0.39, 0.29) is 0 Å². The molecule has 1 unspecified atom stereocenters. The van der Waals surface area contributed by atoms with Crippen molar-refractivity contribution in [3.63, 3.8) is 0 Å². The molecule has 0 amide bonds. The summed E-state index contributed by atoms with van der Waals surface area (Å²) in [4.78, 5) is 2.76. The predicted molar refractivity (Wildman–Crippen MR) is 65.0 cm³/mol. The van der Waals surface area contributed by atoms with Gasteiger partial charge in [0.05, 0.1) is 0 Å². The highest BCUT2D eigenvalue weighted by molar-refractivity contribution is 5.03. The van der Waals surface area contributed by atoms with E-state index >= 15 is 0 Å². The molecule has 4 aliphatic carbocycles. The Hall–Kier alpha value is -0.0800. The second-order valence-electron chi connectivity index (χ2n) is 6.97. The number of rotatable bonds is 1. The van der Waals surface area contributed by atoms with Crippen molar-refractivity contribution in [3.8, 4) is 0 Å². The lowest BCUT2D eigenvalue weighted by Crippen LogP contribution is -2.55. The Kier molecular flexibility index (Phi) is 2.14. The van der Waals surface area contributed by atoms with Crippen molar-refractivity contribution < 1.29 is 0 Å². The minimum absolute atomic E-state index is 0.470. The first-order chi connectivity index (χ1) is 7.79. The summed E-state index contributed by atoms with van der Waals surface area (Å²) in [7, 11) is 0. The van der Waals surface area contributed by atoms with Gasteiger partial charge >= 0.3 is 0 Å². The second kappa shape index (κ2) is 3.46. The summed E-state index contributed by atoms with van der Waals surface area (Å²) in [5.74, 6) is 4.30. The summed E-state index contributed by atoms with van der Waals surface area (Å²) in [6, 6.07) is 1.40. The van der Waals surface area contributed by atoms with Gasteiger partial charge in [0.15, 0.2) is 0 Å². The zero-order chi connectivity index (χ0) is 10.7. The second-order valence-corrected chi connectivity index (χ2v) is 6.97. The lowest BCUT2D eigenvalue weighted by molar-refractivity contribution is -0.0585. The molecule has 4 bridgehead atoms. The quantitative estimate of drug-likeness (QED) is 0.730. The van der Waals surface area contributed by atoms with Crippen molar-refractivity contribution in [2.75, 3.05) is 13.1 Å². The largest absolute Gasteiger partial charge is 0.326 e. The van der Waals surface area contributed by atoms with Gasteiger partial charge in [0.2, 0.25) is 0 Å². The third-order valence-corrected chi connectivity index (χ3v) is 5.85. The Labute approximate surface area is 98.6 Å². The van der Waals surface area contributed by atoms with Gasteiger partial charge in [-0.3, -0.25) is 4.90 Å². The van der Waals surface area contributed by atoms with Crippen LogP contribution >= 0.6 is 0 Å². The number of hydrogen-bond acceptors (Lipinski definition) is 2. The summed E-state index contributed by atoms with van der Waals surface area (Å²) < 4.78 is 0. The zero-order valence-corrected chi connectivity index (χ0v) is 10.1. The average molecular weight is 220 g/mol. The van der Waals surface area contributed by atoms with E-state index < -0.39 is 0 Å². The first-order valence-electron chi connectivity index (χ1n) is 7.29. The van der Waals surface area contributed by atoms with Gasteiger partial charge in [0.25, 0.3) is 0 Å². The summed E-state index contributed by atoms with van der Waals surface area (Å²) in [6.07, 6.45) is 8.99. The van der Waals surface area contributed by atoms with Crippen LogP contribution in [0.1, 0.15) is 38.5 Å². The van der Waals surface area contributed by atoms with Crippen molar-refractivity contribution in [2.45, 2.75) is 50.6 Å². The van der Waals surface area contributed by atoms with Crippen LogP contribution < -0.4 is 5.73 Å². The molecule has 1 heterocycles. The molecule has 1 atom stereocenters. The minimum Gasteiger partial charge on any atom is -0.326 e. The molecule has 1 aliphatic heterocycles. The van der Waals surface area contributed by atoms with E-state index in [0.717, 1.165) is 29.7 Å². The van der Waals surface area contributed by atoms with E-state index in [1.54, 1.807) is 32.1 Å². The van der Waals surface area contributed by atoms with Crippen molar-refractivity contribution in [1.82, 2.24) is 4.90 Å². The van der Waals surface area contributed by atoms with E-state index in [2.05, 4.69) is 4.90 Å². The van der Waals surface area contributed by atoms with E-state index in [9.17, 15) is 0 Å². The lowest BCUT2D eigenvalue weighted by atomic mass is 9.54. The molecule has 2 heteroatoms. The van der Waals surface area contributed by atoms with Crippen molar-refractivity contribution in [1.29, 1.82) is 0 Å². The fourth-order valence-electron chi connectivity index (χ4n) is 5.58. The molecule has 5 rings (SSSR count). The Bertz CT molecular complexity index is 258. The third kappa shape index (κ3) is 1.39. The van der Waals surface area contributed by atoms with Crippen LogP contribution in [0.5, 0.6) is 0 Å². The van der Waals surface area contributed by atoms with Crippen LogP contribution in [0, 0.1) is 23.7 Å². The van der Waals surface area contributed by atoms with Crippen LogP contribution in [0.2, 0.25) is 0 Å². The Morgan fingerprint density at radius 3 is 2.00 bits per heavy atom. The van der Waals surface area contributed by atoms with Crippen molar-refractivity contribution in [3.05, 3.63) is 0 Å². The molecule has 90 valence electrons. The summed E-state index contributed by atoms with van der Waals surface area (Å²) in [6.45, 7) is 2.47. The normalized spacial score (nSPS) is 56.1. The van der Waals surface area contributed by atoms with E-state index in [1.165, 1.54) is 19.5 Å². The molecule has 4 saturated carbocycles. The van der Waals surface area contributed by atoms with Crippen molar-refractivity contribution in [2.24, 2.45) is 29.4 Å². The molecule has 2 nitrogen and oxygen atoms in total.